The van der Waals surface area contributed by atoms with Crippen molar-refractivity contribution >= 4 is 23.6 Å². The Balaban J connectivity index is 1.08. The molecule has 204 valence electrons. The Hall–Kier alpha value is -3.72. The quantitative estimate of drug-likeness (QED) is 0.299. The number of rotatable bonds is 10. The first-order valence-corrected chi connectivity index (χ1v) is 13.5. The lowest BCUT2D eigenvalue weighted by atomic mass is 10.0. The van der Waals surface area contributed by atoms with Gasteiger partial charge in [-0.3, -0.25) is 9.59 Å². The maximum atomic E-state index is 13.0. The highest BCUT2D eigenvalue weighted by Crippen LogP contribution is 2.34. The number of nitrogens with zero attached hydrogens (tertiary/aromatic N) is 2. The van der Waals surface area contributed by atoms with Crippen LogP contribution in [0.4, 0.5) is 11.4 Å². The zero-order valence-electron chi connectivity index (χ0n) is 22.2. The van der Waals surface area contributed by atoms with E-state index in [-0.39, 0.29) is 12.0 Å². The van der Waals surface area contributed by atoms with E-state index in [4.69, 9.17) is 9.47 Å². The molecule has 1 amide bonds. The van der Waals surface area contributed by atoms with Gasteiger partial charge in [-0.15, -0.1) is 0 Å². The molecule has 3 aromatic carbocycles. The number of aliphatic hydroxyl groups excluding tert-OH is 1. The minimum atomic E-state index is -1.11. The van der Waals surface area contributed by atoms with Crippen LogP contribution in [-0.2, 0) is 16.0 Å². The first kappa shape index (κ1) is 26.9. The van der Waals surface area contributed by atoms with E-state index in [1.165, 1.54) is 7.11 Å². The molecule has 2 aliphatic rings. The number of piperidine rings is 1. The summed E-state index contributed by atoms with van der Waals surface area (Å²) in [6, 6.07) is 21.5. The number of aliphatic hydroxyl groups is 1. The van der Waals surface area contributed by atoms with Gasteiger partial charge in [-0.1, -0.05) is 48.5 Å². The minimum absolute atomic E-state index is 0.0618. The second kappa shape index (κ2) is 12.4. The molecular formula is C31H35N3O5. The SMILES string of the molecule is COc1cc2c(cc1C=O)CCN2C(=O)CCN1CCC(OC(O)Nc2ccccc2-c2ccccc2)CC1. The highest BCUT2D eigenvalue weighted by molar-refractivity contribution is 5.97. The Morgan fingerprint density at radius 1 is 1.08 bits per heavy atom. The highest BCUT2D eigenvalue weighted by atomic mass is 16.6. The lowest BCUT2D eigenvalue weighted by Crippen LogP contribution is -2.41. The predicted molar refractivity (Wildman–Crippen MR) is 151 cm³/mol. The monoisotopic (exact) mass is 529 g/mol. The third-order valence-electron chi connectivity index (χ3n) is 7.54. The molecule has 0 aliphatic carbocycles. The Bertz CT molecular complexity index is 1290. The molecule has 3 aromatic rings. The molecule has 5 rings (SSSR count). The van der Waals surface area contributed by atoms with Crippen LogP contribution in [0.5, 0.6) is 5.75 Å². The number of carbonyl (C=O) groups is 2. The van der Waals surface area contributed by atoms with Crippen molar-refractivity contribution < 1.29 is 24.2 Å². The van der Waals surface area contributed by atoms with Gasteiger partial charge in [-0.25, -0.2) is 0 Å². The third-order valence-corrected chi connectivity index (χ3v) is 7.54. The van der Waals surface area contributed by atoms with Crippen molar-refractivity contribution in [3.63, 3.8) is 0 Å². The van der Waals surface area contributed by atoms with Crippen molar-refractivity contribution in [3.05, 3.63) is 77.9 Å². The number of fused-ring (bicyclic) bond motifs is 1. The van der Waals surface area contributed by atoms with Crippen molar-refractivity contribution in [2.45, 2.75) is 38.2 Å². The molecule has 1 atom stereocenters. The molecule has 1 fully saturated rings. The summed E-state index contributed by atoms with van der Waals surface area (Å²) in [6.45, 7) is 2.90. The second-order valence-electron chi connectivity index (χ2n) is 9.97. The molecule has 2 aliphatic heterocycles. The molecule has 2 N–H and O–H groups in total. The van der Waals surface area contributed by atoms with Crippen molar-refractivity contribution in [3.8, 4) is 16.9 Å². The van der Waals surface area contributed by atoms with E-state index in [1.54, 1.807) is 11.0 Å². The highest BCUT2D eigenvalue weighted by Gasteiger charge is 2.28. The number of carbonyl (C=O) groups excluding carboxylic acids is 2. The second-order valence-corrected chi connectivity index (χ2v) is 9.97. The van der Waals surface area contributed by atoms with E-state index in [0.29, 0.717) is 30.8 Å². The maximum Gasteiger partial charge on any atom is 0.235 e. The first-order chi connectivity index (χ1) is 19.1. The van der Waals surface area contributed by atoms with E-state index in [2.05, 4.69) is 10.2 Å². The third kappa shape index (κ3) is 6.30. The van der Waals surface area contributed by atoms with Crippen molar-refractivity contribution in [2.24, 2.45) is 0 Å². The van der Waals surface area contributed by atoms with Gasteiger partial charge < -0.3 is 29.7 Å². The topological polar surface area (TPSA) is 91.3 Å². The number of ether oxygens (including phenoxy) is 2. The van der Waals surface area contributed by atoms with E-state index in [0.717, 1.165) is 66.7 Å². The summed E-state index contributed by atoms with van der Waals surface area (Å²) in [5, 5.41) is 13.7. The molecule has 1 unspecified atom stereocenters. The first-order valence-electron chi connectivity index (χ1n) is 13.5. The molecule has 0 aromatic heterocycles. The summed E-state index contributed by atoms with van der Waals surface area (Å²) in [4.78, 5) is 28.4. The molecule has 8 heteroatoms. The summed E-state index contributed by atoms with van der Waals surface area (Å²) < 4.78 is 11.3. The van der Waals surface area contributed by atoms with Crippen molar-refractivity contribution in [1.82, 2.24) is 4.90 Å². The number of methoxy groups -OCH3 is 1. The zero-order chi connectivity index (χ0) is 27.2. The van der Waals surface area contributed by atoms with Gasteiger partial charge >= 0.3 is 0 Å². The molecule has 8 nitrogen and oxygen atoms in total. The number of benzene rings is 3. The Kier molecular flexibility index (Phi) is 8.56. The number of para-hydroxylation sites is 1. The smallest absolute Gasteiger partial charge is 0.235 e. The number of nitrogens with one attached hydrogen (secondary N) is 1. The normalized spacial score (nSPS) is 16.5. The average molecular weight is 530 g/mol. The molecular weight excluding hydrogens is 494 g/mol. The molecule has 2 heterocycles. The maximum absolute atomic E-state index is 13.0. The summed E-state index contributed by atoms with van der Waals surface area (Å²) in [6.07, 6.45) is 2.34. The van der Waals surface area contributed by atoms with Crippen LogP contribution in [0.3, 0.4) is 0 Å². The molecule has 39 heavy (non-hydrogen) atoms. The fourth-order valence-corrected chi connectivity index (χ4v) is 5.45. The van der Waals surface area contributed by atoms with Crippen LogP contribution in [-0.4, -0.2) is 68.0 Å². The standard InChI is InChI=1S/C31H35N3O5/c1-38-29-20-28-23(19-24(29)21-35)11-18-34(28)30(36)14-17-33-15-12-25(13-16-33)39-31(37)32-27-10-6-5-9-26(27)22-7-3-2-4-8-22/h2-10,19-21,25,31-32,37H,11-18H2,1H3. The Morgan fingerprint density at radius 2 is 1.82 bits per heavy atom. The summed E-state index contributed by atoms with van der Waals surface area (Å²) in [5.41, 5.74) is 5.24. The van der Waals surface area contributed by atoms with Crippen LogP contribution in [0, 0.1) is 0 Å². The number of aldehydes is 1. The molecule has 0 radical (unpaired) electrons. The Labute approximate surface area is 229 Å². The van der Waals surface area contributed by atoms with Gasteiger partial charge in [-0.2, -0.15) is 0 Å². The molecule has 0 saturated carbocycles. The van der Waals surface area contributed by atoms with Gasteiger partial charge in [0, 0.05) is 49.9 Å². The minimum Gasteiger partial charge on any atom is -0.496 e. The lowest BCUT2D eigenvalue weighted by molar-refractivity contribution is -0.131. The average Bonchev–Trinajstić information content (AvgIpc) is 3.39. The van der Waals surface area contributed by atoms with Crippen LogP contribution in [0.25, 0.3) is 11.1 Å². The van der Waals surface area contributed by atoms with Crippen LogP contribution >= 0.6 is 0 Å². The number of likely N-dealkylation sites (tertiary alicyclic amines) is 1. The summed E-state index contributed by atoms with van der Waals surface area (Å²) >= 11 is 0. The summed E-state index contributed by atoms with van der Waals surface area (Å²) in [5.74, 6) is 0.565. The van der Waals surface area contributed by atoms with E-state index in [1.807, 2.05) is 60.7 Å². The van der Waals surface area contributed by atoms with Crippen LogP contribution in [0.15, 0.2) is 66.7 Å². The zero-order valence-corrected chi connectivity index (χ0v) is 22.2. The van der Waals surface area contributed by atoms with Gasteiger partial charge in [-0.05, 0) is 42.5 Å². The van der Waals surface area contributed by atoms with Gasteiger partial charge in [0.2, 0.25) is 12.3 Å². The molecule has 0 bridgehead atoms. The van der Waals surface area contributed by atoms with E-state index in [9.17, 15) is 14.7 Å². The van der Waals surface area contributed by atoms with Crippen molar-refractivity contribution in [1.29, 1.82) is 0 Å². The fraction of sp³-hybridized carbons (Fsp3) is 0.355. The van der Waals surface area contributed by atoms with E-state index >= 15 is 0 Å². The van der Waals surface area contributed by atoms with Gasteiger partial charge in [0.15, 0.2) is 6.29 Å². The predicted octanol–water partition coefficient (Wildman–Crippen LogP) is 4.32. The summed E-state index contributed by atoms with van der Waals surface area (Å²) in [7, 11) is 1.53. The lowest BCUT2D eigenvalue weighted by Gasteiger charge is -2.33. The number of amides is 1. The van der Waals surface area contributed by atoms with Crippen LogP contribution < -0.4 is 15.0 Å². The van der Waals surface area contributed by atoms with Crippen molar-refractivity contribution in [2.75, 3.05) is 43.5 Å². The largest absolute Gasteiger partial charge is 0.496 e. The Morgan fingerprint density at radius 3 is 2.56 bits per heavy atom. The number of hydrogen-bond acceptors (Lipinski definition) is 7. The number of hydrogen-bond donors (Lipinski definition) is 2. The van der Waals surface area contributed by atoms with Crippen LogP contribution in [0.2, 0.25) is 0 Å². The van der Waals surface area contributed by atoms with Gasteiger partial charge in [0.05, 0.1) is 24.5 Å². The fourth-order valence-electron chi connectivity index (χ4n) is 5.45. The van der Waals surface area contributed by atoms with E-state index < -0.39 is 6.41 Å². The molecule has 1 saturated heterocycles. The van der Waals surface area contributed by atoms with Gasteiger partial charge in [0.25, 0.3) is 0 Å². The number of anilines is 2. The molecule has 0 spiro atoms. The van der Waals surface area contributed by atoms with Crippen LogP contribution in [0.1, 0.15) is 35.2 Å². The van der Waals surface area contributed by atoms with Gasteiger partial charge in [0.1, 0.15) is 5.75 Å².